The first kappa shape index (κ1) is 15.1. The van der Waals surface area contributed by atoms with Gasteiger partial charge in [0, 0.05) is 6.54 Å². The molecule has 0 saturated heterocycles. The van der Waals surface area contributed by atoms with Crippen LogP contribution >= 0.6 is 0 Å². The van der Waals surface area contributed by atoms with E-state index < -0.39 is 11.7 Å². The molecular formula is C14H14F3N3O. The van der Waals surface area contributed by atoms with Crippen molar-refractivity contribution in [2.45, 2.75) is 19.7 Å². The van der Waals surface area contributed by atoms with E-state index in [2.05, 4.69) is 15.3 Å². The summed E-state index contributed by atoms with van der Waals surface area (Å²) in [5, 5.41) is 2.99. The summed E-state index contributed by atoms with van der Waals surface area (Å²) in [6.45, 7) is 2.72. The zero-order chi connectivity index (χ0) is 15.3. The van der Waals surface area contributed by atoms with Crippen LogP contribution in [-0.4, -0.2) is 16.5 Å². The van der Waals surface area contributed by atoms with Gasteiger partial charge in [-0.15, -0.1) is 0 Å². The van der Waals surface area contributed by atoms with Gasteiger partial charge in [0.05, 0.1) is 23.7 Å². The third-order valence-corrected chi connectivity index (χ3v) is 2.61. The third kappa shape index (κ3) is 4.34. The molecule has 1 heterocycles. The number of anilines is 1. The summed E-state index contributed by atoms with van der Waals surface area (Å²) < 4.78 is 43.0. The maximum atomic E-state index is 12.6. The Kier molecular flexibility index (Phi) is 4.62. The van der Waals surface area contributed by atoms with Crippen LogP contribution in [0.5, 0.6) is 5.75 Å². The number of nitrogens with zero attached hydrogens (tertiary/aromatic N) is 2. The molecule has 2 aromatic rings. The highest BCUT2D eigenvalue weighted by Crippen LogP contribution is 2.31. The average molecular weight is 297 g/mol. The van der Waals surface area contributed by atoms with Crippen molar-refractivity contribution >= 4 is 5.82 Å². The van der Waals surface area contributed by atoms with Crippen LogP contribution in [0.1, 0.15) is 18.2 Å². The lowest BCUT2D eigenvalue weighted by atomic mass is 10.2. The number of alkyl halides is 3. The highest BCUT2D eigenvalue weighted by molar-refractivity contribution is 5.31. The molecule has 0 bridgehead atoms. The summed E-state index contributed by atoms with van der Waals surface area (Å²) in [6, 6.07) is 4.73. The molecule has 7 heteroatoms. The van der Waals surface area contributed by atoms with E-state index in [0.29, 0.717) is 11.5 Å². The minimum absolute atomic E-state index is 0.0563. The molecule has 0 radical (unpaired) electrons. The topological polar surface area (TPSA) is 47.0 Å². The molecule has 2 rings (SSSR count). The predicted octanol–water partition coefficient (Wildman–Crippen LogP) is 3.51. The molecule has 112 valence electrons. The van der Waals surface area contributed by atoms with Gasteiger partial charge in [-0.1, -0.05) is 6.07 Å². The second-order valence-corrected chi connectivity index (χ2v) is 4.24. The lowest BCUT2D eigenvalue weighted by Gasteiger charge is -2.10. The monoisotopic (exact) mass is 297 g/mol. The van der Waals surface area contributed by atoms with Gasteiger partial charge >= 0.3 is 6.18 Å². The van der Waals surface area contributed by atoms with Gasteiger partial charge in [0.25, 0.3) is 0 Å². The van der Waals surface area contributed by atoms with E-state index in [9.17, 15) is 13.2 Å². The Morgan fingerprint density at radius 1 is 1.19 bits per heavy atom. The summed E-state index contributed by atoms with van der Waals surface area (Å²) in [7, 11) is 0. The van der Waals surface area contributed by atoms with Crippen molar-refractivity contribution < 1.29 is 17.9 Å². The molecule has 1 aromatic heterocycles. The lowest BCUT2D eigenvalue weighted by Crippen LogP contribution is -2.06. The fourth-order valence-electron chi connectivity index (χ4n) is 1.62. The Morgan fingerprint density at radius 3 is 2.62 bits per heavy atom. The summed E-state index contributed by atoms with van der Waals surface area (Å²) in [6.07, 6.45) is -1.31. The molecule has 21 heavy (non-hydrogen) atoms. The van der Waals surface area contributed by atoms with Gasteiger partial charge in [-0.05, 0) is 25.1 Å². The van der Waals surface area contributed by atoms with Crippen molar-refractivity contribution in [3.05, 3.63) is 47.9 Å². The van der Waals surface area contributed by atoms with Crippen LogP contribution in [-0.2, 0) is 12.8 Å². The standard InChI is InChI=1S/C14H14F3N3O/c1-2-18-13-8-19-11(7-20-13)9-21-12-5-3-4-10(6-12)14(15,16)17/h3-8H,2,9H2,1H3,(H,18,20). The summed E-state index contributed by atoms with van der Waals surface area (Å²) in [5.41, 5.74) is -0.206. The fourth-order valence-corrected chi connectivity index (χ4v) is 1.62. The highest BCUT2D eigenvalue weighted by atomic mass is 19.4. The molecule has 0 amide bonds. The number of nitrogens with one attached hydrogen (secondary N) is 1. The molecule has 0 aliphatic carbocycles. The van der Waals surface area contributed by atoms with Gasteiger partial charge in [0.2, 0.25) is 0 Å². The fraction of sp³-hybridized carbons (Fsp3) is 0.286. The van der Waals surface area contributed by atoms with Crippen LogP contribution in [0.2, 0.25) is 0 Å². The zero-order valence-corrected chi connectivity index (χ0v) is 11.3. The van der Waals surface area contributed by atoms with Crippen LogP contribution in [0.3, 0.4) is 0 Å². The molecule has 0 spiro atoms. The zero-order valence-electron chi connectivity index (χ0n) is 11.3. The van der Waals surface area contributed by atoms with Crippen LogP contribution in [0.4, 0.5) is 19.0 Å². The molecule has 0 aliphatic rings. The van der Waals surface area contributed by atoms with Crippen LogP contribution in [0.25, 0.3) is 0 Å². The normalized spacial score (nSPS) is 11.2. The van der Waals surface area contributed by atoms with Gasteiger partial charge < -0.3 is 10.1 Å². The number of hydrogen-bond donors (Lipinski definition) is 1. The highest BCUT2D eigenvalue weighted by Gasteiger charge is 2.30. The molecule has 4 nitrogen and oxygen atoms in total. The minimum atomic E-state index is -4.38. The Balaban J connectivity index is 1.99. The maximum absolute atomic E-state index is 12.6. The average Bonchev–Trinajstić information content (AvgIpc) is 2.46. The van der Waals surface area contributed by atoms with Crippen molar-refractivity contribution in [1.82, 2.24) is 9.97 Å². The lowest BCUT2D eigenvalue weighted by molar-refractivity contribution is -0.137. The van der Waals surface area contributed by atoms with Crippen LogP contribution < -0.4 is 10.1 Å². The first-order chi connectivity index (χ1) is 9.99. The number of rotatable bonds is 5. The van der Waals surface area contributed by atoms with Crippen LogP contribution in [0.15, 0.2) is 36.7 Å². The Labute approximate surface area is 120 Å². The van der Waals surface area contributed by atoms with Gasteiger partial charge in [-0.3, -0.25) is 4.98 Å². The number of hydrogen-bond acceptors (Lipinski definition) is 4. The van der Waals surface area contributed by atoms with Crippen molar-refractivity contribution in [3.8, 4) is 5.75 Å². The Hall–Kier alpha value is -2.31. The van der Waals surface area contributed by atoms with E-state index in [1.165, 1.54) is 18.3 Å². The third-order valence-electron chi connectivity index (χ3n) is 2.61. The number of ether oxygens (including phenoxy) is 1. The molecule has 0 unspecified atom stereocenters. The molecule has 1 N–H and O–H groups in total. The maximum Gasteiger partial charge on any atom is 0.416 e. The molecule has 0 aliphatic heterocycles. The van der Waals surface area contributed by atoms with E-state index in [4.69, 9.17) is 4.74 Å². The number of aromatic nitrogens is 2. The summed E-state index contributed by atoms with van der Waals surface area (Å²) in [5.74, 6) is 0.780. The van der Waals surface area contributed by atoms with E-state index in [1.54, 1.807) is 6.20 Å². The first-order valence-corrected chi connectivity index (χ1v) is 6.34. The predicted molar refractivity (Wildman–Crippen MR) is 72.0 cm³/mol. The van der Waals surface area contributed by atoms with E-state index in [1.807, 2.05) is 6.92 Å². The smallest absolute Gasteiger partial charge is 0.416 e. The van der Waals surface area contributed by atoms with E-state index in [0.717, 1.165) is 18.7 Å². The summed E-state index contributed by atoms with van der Waals surface area (Å²) >= 11 is 0. The second kappa shape index (κ2) is 6.43. The van der Waals surface area contributed by atoms with Crippen molar-refractivity contribution in [3.63, 3.8) is 0 Å². The van der Waals surface area contributed by atoms with E-state index in [-0.39, 0.29) is 12.4 Å². The van der Waals surface area contributed by atoms with Crippen molar-refractivity contribution in [2.75, 3.05) is 11.9 Å². The quantitative estimate of drug-likeness (QED) is 0.917. The molecule has 0 fully saturated rings. The van der Waals surface area contributed by atoms with Gasteiger partial charge in [-0.2, -0.15) is 13.2 Å². The molecule has 0 saturated carbocycles. The number of benzene rings is 1. The Bertz CT molecular complexity index is 585. The van der Waals surface area contributed by atoms with Gasteiger partial charge in [-0.25, -0.2) is 4.98 Å². The number of halogens is 3. The van der Waals surface area contributed by atoms with Crippen molar-refractivity contribution in [1.29, 1.82) is 0 Å². The minimum Gasteiger partial charge on any atom is -0.487 e. The van der Waals surface area contributed by atoms with E-state index >= 15 is 0 Å². The SMILES string of the molecule is CCNc1cnc(COc2cccc(C(F)(F)F)c2)cn1. The first-order valence-electron chi connectivity index (χ1n) is 6.34. The van der Waals surface area contributed by atoms with Crippen molar-refractivity contribution in [2.24, 2.45) is 0 Å². The Morgan fingerprint density at radius 2 is 2.00 bits per heavy atom. The molecular weight excluding hydrogens is 283 g/mol. The van der Waals surface area contributed by atoms with Crippen LogP contribution in [0, 0.1) is 0 Å². The largest absolute Gasteiger partial charge is 0.487 e. The summed E-state index contributed by atoms with van der Waals surface area (Å²) in [4.78, 5) is 8.22. The van der Waals surface area contributed by atoms with Gasteiger partial charge in [0.1, 0.15) is 18.2 Å². The molecule has 1 aromatic carbocycles. The molecule has 0 atom stereocenters. The van der Waals surface area contributed by atoms with Gasteiger partial charge in [0.15, 0.2) is 0 Å². The second-order valence-electron chi connectivity index (χ2n) is 4.24.